The van der Waals surface area contributed by atoms with Crippen molar-refractivity contribution in [2.45, 2.75) is 46.6 Å². The lowest BCUT2D eigenvalue weighted by Gasteiger charge is -2.26. The Hall–Kier alpha value is -0.550. The smallest absolute Gasteiger partial charge is 0.0949 e. The van der Waals surface area contributed by atoms with Gasteiger partial charge in [0.25, 0.3) is 0 Å². The molecule has 0 saturated carbocycles. The Kier molecular flexibility index (Phi) is 6.62. The molecule has 76 valence electrons. The number of hydrogen-bond donors (Lipinski definition) is 0. The van der Waals surface area contributed by atoms with E-state index in [-0.39, 0.29) is 6.04 Å². The van der Waals surface area contributed by atoms with Crippen molar-refractivity contribution in [3.05, 3.63) is 0 Å². The molecule has 0 saturated heterocycles. The molecule has 0 radical (unpaired) electrons. The molecular weight excluding hydrogens is 160 g/mol. The largest absolute Gasteiger partial charge is 0.288 e. The van der Waals surface area contributed by atoms with Crippen LogP contribution in [0.2, 0.25) is 0 Å². The molecule has 0 amide bonds. The maximum atomic E-state index is 8.80. The second-order valence-corrected chi connectivity index (χ2v) is 3.58. The molecular formula is C11H22N2. The molecule has 0 aliphatic rings. The molecule has 2 nitrogen and oxygen atoms in total. The molecule has 13 heavy (non-hydrogen) atoms. The van der Waals surface area contributed by atoms with E-state index in [2.05, 4.69) is 31.7 Å². The van der Waals surface area contributed by atoms with Crippen LogP contribution >= 0.6 is 0 Å². The average molecular weight is 182 g/mol. The highest BCUT2D eigenvalue weighted by atomic mass is 15.1. The Morgan fingerprint density at radius 2 is 1.77 bits per heavy atom. The molecule has 0 aliphatic heterocycles. The van der Waals surface area contributed by atoms with Gasteiger partial charge in [0.2, 0.25) is 0 Å². The molecule has 0 aromatic rings. The summed E-state index contributed by atoms with van der Waals surface area (Å²) in [4.78, 5) is 2.25. The Morgan fingerprint density at radius 1 is 1.23 bits per heavy atom. The third-order valence-corrected chi connectivity index (χ3v) is 2.79. The lowest BCUT2D eigenvalue weighted by atomic mass is 10.0. The lowest BCUT2D eigenvalue weighted by Crippen LogP contribution is -2.35. The van der Waals surface area contributed by atoms with Gasteiger partial charge in [-0.2, -0.15) is 5.26 Å². The number of hydrogen-bond acceptors (Lipinski definition) is 2. The number of rotatable bonds is 6. The van der Waals surface area contributed by atoms with Crippen molar-refractivity contribution in [1.82, 2.24) is 4.90 Å². The summed E-state index contributed by atoms with van der Waals surface area (Å²) in [7, 11) is 0. The van der Waals surface area contributed by atoms with E-state index < -0.39 is 0 Å². The van der Waals surface area contributed by atoms with Gasteiger partial charge in [-0.15, -0.1) is 0 Å². The molecule has 1 unspecified atom stereocenters. The van der Waals surface area contributed by atoms with Crippen molar-refractivity contribution in [2.24, 2.45) is 5.92 Å². The number of nitriles is 1. The summed E-state index contributed by atoms with van der Waals surface area (Å²) in [5, 5.41) is 8.80. The van der Waals surface area contributed by atoms with Crippen molar-refractivity contribution < 1.29 is 0 Å². The Balaban J connectivity index is 4.04. The molecule has 1 atom stereocenters. The van der Waals surface area contributed by atoms with Gasteiger partial charge in [0.05, 0.1) is 12.1 Å². The van der Waals surface area contributed by atoms with Gasteiger partial charge in [-0.25, -0.2) is 0 Å². The van der Waals surface area contributed by atoms with Gasteiger partial charge in [-0.3, -0.25) is 4.90 Å². The third kappa shape index (κ3) is 4.28. The van der Waals surface area contributed by atoms with E-state index >= 15 is 0 Å². The predicted octanol–water partition coefficient (Wildman–Crippen LogP) is 2.66. The first kappa shape index (κ1) is 12.4. The summed E-state index contributed by atoms with van der Waals surface area (Å²) >= 11 is 0. The molecule has 0 spiro atoms. The van der Waals surface area contributed by atoms with Gasteiger partial charge >= 0.3 is 0 Å². The minimum atomic E-state index is 0.0607. The van der Waals surface area contributed by atoms with Crippen LogP contribution in [0, 0.1) is 17.2 Å². The predicted molar refractivity (Wildman–Crippen MR) is 56.4 cm³/mol. The van der Waals surface area contributed by atoms with Crippen molar-refractivity contribution >= 4 is 0 Å². The standard InChI is InChI=1S/C11H22N2/c1-5-11(6-2)9-13(7-3)10(4)8-12/h10-11H,5-7,9H2,1-4H3. The van der Waals surface area contributed by atoms with Gasteiger partial charge in [-0.05, 0) is 19.4 Å². The van der Waals surface area contributed by atoms with E-state index in [9.17, 15) is 0 Å². The molecule has 0 rings (SSSR count). The quantitative estimate of drug-likeness (QED) is 0.631. The van der Waals surface area contributed by atoms with E-state index in [4.69, 9.17) is 5.26 Å². The molecule has 0 aromatic carbocycles. The zero-order valence-electron chi connectivity index (χ0n) is 9.38. The van der Waals surface area contributed by atoms with Crippen molar-refractivity contribution in [3.63, 3.8) is 0 Å². The minimum Gasteiger partial charge on any atom is -0.288 e. The molecule has 0 N–H and O–H groups in total. The fourth-order valence-electron chi connectivity index (χ4n) is 1.52. The molecule has 0 aliphatic carbocycles. The fraction of sp³-hybridized carbons (Fsp3) is 0.909. The van der Waals surface area contributed by atoms with Crippen LogP contribution in [0.3, 0.4) is 0 Å². The van der Waals surface area contributed by atoms with E-state index in [1.807, 2.05) is 6.92 Å². The van der Waals surface area contributed by atoms with Crippen LogP contribution in [-0.4, -0.2) is 24.0 Å². The molecule has 0 bridgehead atoms. The first-order valence-corrected chi connectivity index (χ1v) is 5.33. The van der Waals surface area contributed by atoms with E-state index in [1.54, 1.807) is 0 Å². The van der Waals surface area contributed by atoms with Crippen LogP contribution in [0.25, 0.3) is 0 Å². The summed E-state index contributed by atoms with van der Waals surface area (Å²) in [6, 6.07) is 2.36. The van der Waals surface area contributed by atoms with Gasteiger partial charge in [0.1, 0.15) is 0 Å². The Morgan fingerprint density at radius 3 is 2.08 bits per heavy atom. The average Bonchev–Trinajstić information content (AvgIpc) is 2.19. The van der Waals surface area contributed by atoms with E-state index in [0.29, 0.717) is 0 Å². The molecule has 2 heteroatoms. The van der Waals surface area contributed by atoms with E-state index in [0.717, 1.165) is 19.0 Å². The normalized spacial score (nSPS) is 13.3. The summed E-state index contributed by atoms with van der Waals surface area (Å²) in [5.74, 6) is 0.746. The minimum absolute atomic E-state index is 0.0607. The van der Waals surface area contributed by atoms with Crippen LogP contribution in [0.5, 0.6) is 0 Å². The Labute approximate surface area is 82.5 Å². The highest BCUT2D eigenvalue weighted by Gasteiger charge is 2.14. The van der Waals surface area contributed by atoms with Crippen LogP contribution < -0.4 is 0 Å². The number of nitrogens with zero attached hydrogens (tertiary/aromatic N) is 2. The monoisotopic (exact) mass is 182 g/mol. The lowest BCUT2D eigenvalue weighted by molar-refractivity contribution is 0.211. The van der Waals surface area contributed by atoms with Gasteiger partial charge in [-0.1, -0.05) is 33.6 Å². The zero-order chi connectivity index (χ0) is 10.3. The van der Waals surface area contributed by atoms with Crippen LogP contribution in [0.4, 0.5) is 0 Å². The second kappa shape index (κ2) is 6.91. The SMILES string of the molecule is CCC(CC)CN(CC)C(C)C#N. The maximum absolute atomic E-state index is 8.80. The van der Waals surface area contributed by atoms with Gasteiger partial charge in [0.15, 0.2) is 0 Å². The first-order chi connectivity index (χ1) is 6.19. The van der Waals surface area contributed by atoms with Crippen LogP contribution in [0.1, 0.15) is 40.5 Å². The summed E-state index contributed by atoms with van der Waals surface area (Å²) in [6.45, 7) is 10.6. The maximum Gasteiger partial charge on any atom is 0.0949 e. The summed E-state index contributed by atoms with van der Waals surface area (Å²) < 4.78 is 0. The van der Waals surface area contributed by atoms with Crippen LogP contribution in [0.15, 0.2) is 0 Å². The third-order valence-electron chi connectivity index (χ3n) is 2.79. The summed E-state index contributed by atoms with van der Waals surface area (Å²) in [6.07, 6.45) is 2.43. The van der Waals surface area contributed by atoms with Crippen molar-refractivity contribution in [1.29, 1.82) is 5.26 Å². The van der Waals surface area contributed by atoms with Crippen LogP contribution in [-0.2, 0) is 0 Å². The highest BCUT2D eigenvalue weighted by molar-refractivity contribution is 4.88. The van der Waals surface area contributed by atoms with Crippen molar-refractivity contribution in [3.8, 4) is 6.07 Å². The van der Waals surface area contributed by atoms with Crippen molar-refractivity contribution in [2.75, 3.05) is 13.1 Å². The molecule has 0 aromatic heterocycles. The van der Waals surface area contributed by atoms with Gasteiger partial charge in [0, 0.05) is 6.54 Å². The fourth-order valence-corrected chi connectivity index (χ4v) is 1.52. The van der Waals surface area contributed by atoms with Gasteiger partial charge < -0.3 is 0 Å². The van der Waals surface area contributed by atoms with E-state index in [1.165, 1.54) is 12.8 Å². The Bertz CT molecular complexity index is 156. The highest BCUT2D eigenvalue weighted by Crippen LogP contribution is 2.11. The second-order valence-electron chi connectivity index (χ2n) is 3.58. The summed E-state index contributed by atoms with van der Waals surface area (Å²) in [5.41, 5.74) is 0. The topological polar surface area (TPSA) is 27.0 Å². The zero-order valence-corrected chi connectivity index (χ0v) is 9.38. The molecule has 0 fully saturated rings. The molecule has 0 heterocycles. The first-order valence-electron chi connectivity index (χ1n) is 5.33.